The highest BCUT2D eigenvalue weighted by molar-refractivity contribution is 4.85. The molecule has 4 nitrogen and oxygen atoms in total. The molecule has 0 spiro atoms. The predicted molar refractivity (Wildman–Crippen MR) is 103 cm³/mol. The standard InChI is InChI=1S/C21H42O4/c1-5-8-9-10-11-12-14-20(23-6-2)21(4,25-7-3)15-13-16-22-17-19-18-24-19/h19-20H,5-18H2,1-4H3. The summed E-state index contributed by atoms with van der Waals surface area (Å²) in [5.74, 6) is 0. The first-order chi connectivity index (χ1) is 12.2. The summed E-state index contributed by atoms with van der Waals surface area (Å²) in [5.41, 5.74) is -0.215. The summed E-state index contributed by atoms with van der Waals surface area (Å²) in [6.07, 6.45) is 11.5. The van der Waals surface area contributed by atoms with Crippen molar-refractivity contribution in [1.82, 2.24) is 0 Å². The Morgan fingerprint density at radius 1 is 1.00 bits per heavy atom. The van der Waals surface area contributed by atoms with E-state index in [4.69, 9.17) is 18.9 Å². The molecule has 4 heteroatoms. The van der Waals surface area contributed by atoms with E-state index in [9.17, 15) is 0 Å². The second kappa shape index (κ2) is 14.0. The zero-order valence-corrected chi connectivity index (χ0v) is 17.2. The van der Waals surface area contributed by atoms with E-state index in [1.165, 1.54) is 38.5 Å². The lowest BCUT2D eigenvalue weighted by molar-refractivity contribution is -0.141. The van der Waals surface area contributed by atoms with E-state index >= 15 is 0 Å². The van der Waals surface area contributed by atoms with Crippen LogP contribution in [0.15, 0.2) is 0 Å². The summed E-state index contributed by atoms with van der Waals surface area (Å²) in [7, 11) is 0. The van der Waals surface area contributed by atoms with Crippen LogP contribution in [0.3, 0.4) is 0 Å². The van der Waals surface area contributed by atoms with E-state index in [-0.39, 0.29) is 11.7 Å². The largest absolute Gasteiger partial charge is 0.379 e. The number of epoxide rings is 1. The van der Waals surface area contributed by atoms with Gasteiger partial charge in [0.25, 0.3) is 0 Å². The molecule has 3 unspecified atom stereocenters. The molecular weight excluding hydrogens is 316 g/mol. The lowest BCUT2D eigenvalue weighted by Gasteiger charge is -2.37. The van der Waals surface area contributed by atoms with Crippen LogP contribution in [0.25, 0.3) is 0 Å². The van der Waals surface area contributed by atoms with Gasteiger partial charge >= 0.3 is 0 Å². The van der Waals surface area contributed by atoms with Gasteiger partial charge in [-0.2, -0.15) is 0 Å². The molecule has 0 bridgehead atoms. The Hall–Kier alpha value is -0.160. The van der Waals surface area contributed by atoms with Gasteiger partial charge in [-0.05, 0) is 40.0 Å². The highest BCUT2D eigenvalue weighted by Gasteiger charge is 2.35. The predicted octanol–water partition coefficient (Wildman–Crippen LogP) is 5.13. The third-order valence-corrected chi connectivity index (χ3v) is 5.01. The Morgan fingerprint density at radius 3 is 2.36 bits per heavy atom. The molecular formula is C21H42O4. The summed E-state index contributed by atoms with van der Waals surface area (Å²) in [5, 5.41) is 0. The minimum atomic E-state index is -0.215. The summed E-state index contributed by atoms with van der Waals surface area (Å²) >= 11 is 0. The molecule has 0 N–H and O–H groups in total. The molecule has 0 aromatic carbocycles. The third-order valence-electron chi connectivity index (χ3n) is 5.01. The normalized spacial score (nSPS) is 20.4. The lowest BCUT2D eigenvalue weighted by Crippen LogP contribution is -2.44. The van der Waals surface area contributed by atoms with Crippen molar-refractivity contribution in [1.29, 1.82) is 0 Å². The van der Waals surface area contributed by atoms with Gasteiger partial charge in [-0.25, -0.2) is 0 Å². The van der Waals surface area contributed by atoms with Crippen LogP contribution in [0, 0.1) is 0 Å². The van der Waals surface area contributed by atoms with Crippen LogP contribution in [-0.4, -0.2) is 50.8 Å². The highest BCUT2D eigenvalue weighted by Crippen LogP contribution is 2.29. The fraction of sp³-hybridized carbons (Fsp3) is 1.00. The average molecular weight is 359 g/mol. The van der Waals surface area contributed by atoms with Crippen molar-refractivity contribution in [3.63, 3.8) is 0 Å². The molecule has 1 saturated heterocycles. The Morgan fingerprint density at radius 2 is 1.72 bits per heavy atom. The first kappa shape index (κ1) is 22.9. The van der Waals surface area contributed by atoms with E-state index in [2.05, 4.69) is 27.7 Å². The van der Waals surface area contributed by atoms with Gasteiger partial charge < -0.3 is 18.9 Å². The second-order valence-corrected chi connectivity index (χ2v) is 7.38. The van der Waals surface area contributed by atoms with Crippen molar-refractivity contribution < 1.29 is 18.9 Å². The van der Waals surface area contributed by atoms with Crippen molar-refractivity contribution in [3.8, 4) is 0 Å². The van der Waals surface area contributed by atoms with Crippen molar-refractivity contribution in [2.45, 2.75) is 103 Å². The molecule has 0 amide bonds. The summed E-state index contributed by atoms with van der Waals surface area (Å²) in [6, 6.07) is 0. The first-order valence-corrected chi connectivity index (χ1v) is 10.6. The number of hydrogen-bond donors (Lipinski definition) is 0. The first-order valence-electron chi connectivity index (χ1n) is 10.6. The van der Waals surface area contributed by atoms with Crippen LogP contribution < -0.4 is 0 Å². The summed E-state index contributed by atoms with van der Waals surface area (Å²) in [6.45, 7) is 12.5. The number of ether oxygens (including phenoxy) is 4. The Kier molecular flexibility index (Phi) is 12.8. The van der Waals surface area contributed by atoms with Crippen molar-refractivity contribution >= 4 is 0 Å². The van der Waals surface area contributed by atoms with E-state index in [1.807, 2.05) is 0 Å². The van der Waals surface area contributed by atoms with Crippen molar-refractivity contribution in [2.75, 3.05) is 33.0 Å². The molecule has 1 aliphatic heterocycles. The molecule has 1 fully saturated rings. The smallest absolute Gasteiger partial charge is 0.104 e. The fourth-order valence-corrected chi connectivity index (χ4v) is 3.44. The molecule has 0 aromatic heterocycles. The van der Waals surface area contributed by atoms with Gasteiger partial charge in [0.05, 0.1) is 24.9 Å². The van der Waals surface area contributed by atoms with E-state index in [1.54, 1.807) is 0 Å². The van der Waals surface area contributed by atoms with Gasteiger partial charge in [-0.15, -0.1) is 0 Å². The molecule has 3 atom stereocenters. The quantitative estimate of drug-likeness (QED) is 0.251. The fourth-order valence-electron chi connectivity index (χ4n) is 3.44. The van der Waals surface area contributed by atoms with E-state index in [0.29, 0.717) is 6.10 Å². The van der Waals surface area contributed by atoms with E-state index in [0.717, 1.165) is 52.3 Å². The highest BCUT2D eigenvalue weighted by atomic mass is 16.6. The van der Waals surface area contributed by atoms with Gasteiger partial charge in [-0.3, -0.25) is 0 Å². The third kappa shape index (κ3) is 10.5. The monoisotopic (exact) mass is 358 g/mol. The topological polar surface area (TPSA) is 40.2 Å². The van der Waals surface area contributed by atoms with Crippen LogP contribution in [0.4, 0.5) is 0 Å². The van der Waals surface area contributed by atoms with Gasteiger partial charge in [0.1, 0.15) is 6.10 Å². The van der Waals surface area contributed by atoms with Crippen molar-refractivity contribution in [3.05, 3.63) is 0 Å². The number of hydrogen-bond acceptors (Lipinski definition) is 4. The molecule has 150 valence electrons. The minimum Gasteiger partial charge on any atom is -0.379 e. The molecule has 1 rings (SSSR count). The zero-order valence-electron chi connectivity index (χ0n) is 17.2. The Bertz CT molecular complexity index is 306. The van der Waals surface area contributed by atoms with Gasteiger partial charge in [0, 0.05) is 19.8 Å². The number of rotatable bonds is 18. The Labute approximate surface area is 155 Å². The van der Waals surface area contributed by atoms with Crippen LogP contribution in [0.5, 0.6) is 0 Å². The van der Waals surface area contributed by atoms with Gasteiger partial charge in [-0.1, -0.05) is 45.4 Å². The van der Waals surface area contributed by atoms with Crippen LogP contribution in [-0.2, 0) is 18.9 Å². The summed E-state index contributed by atoms with van der Waals surface area (Å²) < 4.78 is 23.1. The maximum atomic E-state index is 6.17. The molecule has 0 aromatic rings. The van der Waals surface area contributed by atoms with Crippen LogP contribution >= 0.6 is 0 Å². The molecule has 25 heavy (non-hydrogen) atoms. The molecule has 0 radical (unpaired) electrons. The minimum absolute atomic E-state index is 0.176. The Balaban J connectivity index is 2.34. The molecule has 0 saturated carbocycles. The average Bonchev–Trinajstić information content (AvgIpc) is 3.41. The van der Waals surface area contributed by atoms with Crippen LogP contribution in [0.2, 0.25) is 0 Å². The van der Waals surface area contributed by atoms with Gasteiger partial charge in [0.15, 0.2) is 0 Å². The number of unbranched alkanes of at least 4 members (excludes halogenated alkanes) is 5. The molecule has 1 aliphatic rings. The molecule has 1 heterocycles. The second-order valence-electron chi connectivity index (χ2n) is 7.38. The van der Waals surface area contributed by atoms with Gasteiger partial charge in [0.2, 0.25) is 0 Å². The van der Waals surface area contributed by atoms with Crippen LogP contribution in [0.1, 0.15) is 85.5 Å². The zero-order chi connectivity index (χ0) is 18.4. The maximum Gasteiger partial charge on any atom is 0.104 e. The van der Waals surface area contributed by atoms with Crippen molar-refractivity contribution in [2.24, 2.45) is 0 Å². The SMILES string of the molecule is CCCCCCCCC(OCC)C(C)(CCCOCC1CO1)OCC. The van der Waals surface area contributed by atoms with E-state index < -0.39 is 0 Å². The summed E-state index contributed by atoms with van der Waals surface area (Å²) in [4.78, 5) is 0. The lowest BCUT2D eigenvalue weighted by atomic mass is 9.89. The maximum absolute atomic E-state index is 6.17. The molecule has 0 aliphatic carbocycles.